The van der Waals surface area contributed by atoms with Crippen LogP contribution in [-0.4, -0.2) is 30.4 Å². The van der Waals surface area contributed by atoms with Crippen LogP contribution in [0, 0.1) is 0 Å². The summed E-state index contributed by atoms with van der Waals surface area (Å²) >= 11 is 0. The zero-order valence-corrected chi connectivity index (χ0v) is 16.5. The molecule has 0 saturated heterocycles. The van der Waals surface area contributed by atoms with Crippen molar-refractivity contribution in [2.45, 2.75) is 11.1 Å². The molecule has 0 spiro atoms. The molecule has 162 valence electrons. The van der Waals surface area contributed by atoms with Gasteiger partial charge in [0.25, 0.3) is 0 Å². The highest BCUT2D eigenvalue weighted by molar-refractivity contribution is 7.89. The number of halogens is 3. The monoisotopic (exact) mass is 453 g/mol. The molecule has 0 bridgehead atoms. The highest BCUT2D eigenvalue weighted by Crippen LogP contribution is 2.45. The first-order valence-electron chi connectivity index (χ1n) is 8.58. The third kappa shape index (κ3) is 3.59. The third-order valence-corrected chi connectivity index (χ3v) is 5.49. The summed E-state index contributed by atoms with van der Waals surface area (Å²) in [6, 6.07) is 8.33. The van der Waals surface area contributed by atoms with Crippen molar-refractivity contribution < 1.29 is 35.8 Å². The third-order valence-electron chi connectivity index (χ3n) is 4.56. The molecule has 0 amide bonds. The van der Waals surface area contributed by atoms with Gasteiger partial charge in [-0.3, -0.25) is 0 Å². The predicted molar refractivity (Wildman–Crippen MR) is 103 cm³/mol. The SMILES string of the molecule is COc1c(-c2cc(C(F)(F)F)nn2-c2ccc(S(N)(=O)=O)cc2)c(O)cc2occc12. The molecule has 12 heteroatoms. The number of furan rings is 1. The summed E-state index contributed by atoms with van der Waals surface area (Å²) in [5.74, 6) is -0.310. The van der Waals surface area contributed by atoms with Crippen molar-refractivity contribution in [3.63, 3.8) is 0 Å². The first-order chi connectivity index (χ1) is 14.5. The number of alkyl halides is 3. The van der Waals surface area contributed by atoms with Crippen LogP contribution in [0.2, 0.25) is 0 Å². The number of sulfonamides is 1. The van der Waals surface area contributed by atoms with E-state index in [9.17, 15) is 26.7 Å². The van der Waals surface area contributed by atoms with E-state index < -0.39 is 27.6 Å². The molecule has 0 aliphatic heterocycles. The van der Waals surface area contributed by atoms with E-state index in [0.717, 1.165) is 22.9 Å². The van der Waals surface area contributed by atoms with Crippen LogP contribution in [0.4, 0.5) is 13.2 Å². The van der Waals surface area contributed by atoms with Gasteiger partial charge in [-0.2, -0.15) is 18.3 Å². The highest BCUT2D eigenvalue weighted by Gasteiger charge is 2.36. The molecule has 0 radical (unpaired) electrons. The van der Waals surface area contributed by atoms with Crippen LogP contribution in [0.15, 0.2) is 58.0 Å². The molecule has 2 aromatic carbocycles. The number of benzene rings is 2. The molecular weight excluding hydrogens is 439 g/mol. The summed E-state index contributed by atoms with van der Waals surface area (Å²) in [5.41, 5.74) is -1.01. The highest BCUT2D eigenvalue weighted by atomic mass is 32.2. The van der Waals surface area contributed by atoms with Crippen molar-refractivity contribution >= 4 is 21.0 Å². The van der Waals surface area contributed by atoms with Gasteiger partial charge in [0.05, 0.1) is 40.6 Å². The van der Waals surface area contributed by atoms with E-state index in [2.05, 4.69) is 5.10 Å². The maximum Gasteiger partial charge on any atom is 0.435 e. The van der Waals surface area contributed by atoms with E-state index in [0.29, 0.717) is 5.39 Å². The second-order valence-corrected chi connectivity index (χ2v) is 8.06. The van der Waals surface area contributed by atoms with E-state index in [-0.39, 0.29) is 33.2 Å². The summed E-state index contributed by atoms with van der Waals surface area (Å²) < 4.78 is 74.8. The summed E-state index contributed by atoms with van der Waals surface area (Å²) in [6.07, 6.45) is -3.43. The van der Waals surface area contributed by atoms with Crippen LogP contribution < -0.4 is 9.88 Å². The smallest absolute Gasteiger partial charge is 0.435 e. The van der Waals surface area contributed by atoms with Gasteiger partial charge in [0.1, 0.15) is 17.1 Å². The van der Waals surface area contributed by atoms with Crippen LogP contribution in [0.1, 0.15) is 5.69 Å². The first kappa shape index (κ1) is 20.8. The maximum absolute atomic E-state index is 13.4. The number of nitrogens with zero attached hydrogens (tertiary/aromatic N) is 2. The van der Waals surface area contributed by atoms with Crippen LogP contribution in [0.3, 0.4) is 0 Å². The van der Waals surface area contributed by atoms with Crippen molar-refractivity contribution in [2.24, 2.45) is 5.14 Å². The normalized spacial score (nSPS) is 12.4. The number of fused-ring (bicyclic) bond motifs is 1. The number of primary sulfonamides is 1. The van der Waals surface area contributed by atoms with Gasteiger partial charge < -0.3 is 14.3 Å². The molecule has 4 aromatic rings. The standard InChI is InChI=1S/C19H14F3N3O5S/c1-29-18-12-6-7-30-15(12)9-14(26)17(18)13-8-16(19(20,21)22)24-25(13)10-2-4-11(5-3-10)31(23,27)28/h2-9,26H,1H3,(H2,23,27,28). The molecule has 4 rings (SSSR count). The molecule has 0 unspecified atom stereocenters. The van der Waals surface area contributed by atoms with E-state index >= 15 is 0 Å². The average molecular weight is 453 g/mol. The van der Waals surface area contributed by atoms with Gasteiger partial charge in [-0.15, -0.1) is 0 Å². The fourth-order valence-corrected chi connectivity index (χ4v) is 3.71. The van der Waals surface area contributed by atoms with Crippen molar-refractivity contribution in [2.75, 3.05) is 7.11 Å². The number of hydrogen-bond donors (Lipinski definition) is 2. The topological polar surface area (TPSA) is 121 Å². The van der Waals surface area contributed by atoms with Crippen molar-refractivity contribution in [1.82, 2.24) is 9.78 Å². The number of phenols is 1. The zero-order chi connectivity index (χ0) is 22.6. The number of hydrogen-bond acceptors (Lipinski definition) is 6. The maximum atomic E-state index is 13.4. The predicted octanol–water partition coefficient (Wildman–Crippen LogP) is 3.67. The zero-order valence-electron chi connectivity index (χ0n) is 15.7. The molecule has 0 aliphatic carbocycles. The Bertz CT molecular complexity index is 1390. The Morgan fingerprint density at radius 1 is 1.16 bits per heavy atom. The molecule has 0 fully saturated rings. The van der Waals surface area contributed by atoms with Crippen molar-refractivity contribution in [3.8, 4) is 28.4 Å². The molecule has 3 N–H and O–H groups in total. The number of rotatable bonds is 4. The molecular formula is C19H14F3N3O5S. The van der Waals surface area contributed by atoms with Gasteiger partial charge in [0, 0.05) is 6.07 Å². The van der Waals surface area contributed by atoms with Gasteiger partial charge in [0.2, 0.25) is 10.0 Å². The van der Waals surface area contributed by atoms with Gasteiger partial charge in [-0.25, -0.2) is 18.2 Å². The number of phenolic OH excluding ortho intramolecular Hbond substituents is 1. The molecule has 8 nitrogen and oxygen atoms in total. The molecule has 2 aromatic heterocycles. The van der Waals surface area contributed by atoms with Crippen LogP contribution in [0.25, 0.3) is 27.9 Å². The Kier molecular flexibility index (Phi) is 4.70. The fourth-order valence-electron chi connectivity index (χ4n) is 3.20. The summed E-state index contributed by atoms with van der Waals surface area (Å²) in [7, 11) is -2.69. The Labute approximate surface area is 173 Å². The lowest BCUT2D eigenvalue weighted by molar-refractivity contribution is -0.141. The lowest BCUT2D eigenvalue weighted by Crippen LogP contribution is -2.12. The second kappa shape index (κ2) is 7.03. The van der Waals surface area contributed by atoms with Crippen LogP contribution in [-0.2, 0) is 16.2 Å². The first-order valence-corrected chi connectivity index (χ1v) is 10.1. The van der Waals surface area contributed by atoms with E-state index in [4.69, 9.17) is 14.3 Å². The number of nitrogens with two attached hydrogens (primary N) is 1. The molecule has 0 aliphatic rings. The van der Waals surface area contributed by atoms with Gasteiger partial charge in [0.15, 0.2) is 5.69 Å². The minimum Gasteiger partial charge on any atom is -0.507 e. The summed E-state index contributed by atoms with van der Waals surface area (Å²) in [6.45, 7) is 0. The van der Waals surface area contributed by atoms with Crippen LogP contribution >= 0.6 is 0 Å². The van der Waals surface area contributed by atoms with Crippen molar-refractivity contribution in [1.29, 1.82) is 0 Å². The summed E-state index contributed by atoms with van der Waals surface area (Å²) in [4.78, 5) is -0.221. The minimum absolute atomic E-state index is 0.0464. The molecule has 2 heterocycles. The number of aromatic hydroxyl groups is 1. The molecule has 31 heavy (non-hydrogen) atoms. The Balaban J connectivity index is 2.00. The number of aromatic nitrogens is 2. The van der Waals surface area contributed by atoms with E-state index in [1.54, 1.807) is 6.07 Å². The van der Waals surface area contributed by atoms with E-state index in [1.165, 1.54) is 31.6 Å². The Hall–Kier alpha value is -3.51. The van der Waals surface area contributed by atoms with E-state index in [1.807, 2.05) is 0 Å². The second-order valence-electron chi connectivity index (χ2n) is 6.50. The number of ether oxygens (including phenoxy) is 1. The number of methoxy groups -OCH3 is 1. The molecule has 0 atom stereocenters. The molecule has 0 saturated carbocycles. The summed E-state index contributed by atoms with van der Waals surface area (Å²) in [5, 5.41) is 19.7. The quantitative estimate of drug-likeness (QED) is 0.487. The average Bonchev–Trinajstić information content (AvgIpc) is 3.32. The lowest BCUT2D eigenvalue weighted by Gasteiger charge is -2.14. The van der Waals surface area contributed by atoms with Crippen LogP contribution in [0.5, 0.6) is 11.5 Å². The lowest BCUT2D eigenvalue weighted by atomic mass is 10.1. The van der Waals surface area contributed by atoms with Gasteiger partial charge in [-0.1, -0.05) is 0 Å². The van der Waals surface area contributed by atoms with Crippen molar-refractivity contribution in [3.05, 3.63) is 54.4 Å². The van der Waals surface area contributed by atoms with Gasteiger partial charge >= 0.3 is 6.18 Å². The van der Waals surface area contributed by atoms with Gasteiger partial charge in [-0.05, 0) is 36.4 Å². The fraction of sp³-hybridized carbons (Fsp3) is 0.105. The largest absolute Gasteiger partial charge is 0.507 e. The minimum atomic E-state index is -4.77. The Morgan fingerprint density at radius 3 is 2.42 bits per heavy atom. The Morgan fingerprint density at radius 2 is 1.84 bits per heavy atom.